The molecule has 19 heavy (non-hydrogen) atoms. The van der Waals surface area contributed by atoms with Gasteiger partial charge < -0.3 is 16.2 Å². The Balaban J connectivity index is 1.98. The van der Waals surface area contributed by atoms with E-state index in [0.29, 0.717) is 5.56 Å². The van der Waals surface area contributed by atoms with Crippen LogP contribution in [0.3, 0.4) is 0 Å². The van der Waals surface area contributed by atoms with E-state index >= 15 is 0 Å². The zero-order valence-electron chi connectivity index (χ0n) is 10.6. The highest BCUT2D eigenvalue weighted by Crippen LogP contribution is 2.20. The molecule has 5 heteroatoms. The molecule has 2 rings (SSSR count). The molecule has 1 atom stereocenters. The first kappa shape index (κ1) is 13.4. The molecule has 1 unspecified atom stereocenters. The van der Waals surface area contributed by atoms with Crippen LogP contribution in [0.15, 0.2) is 35.0 Å². The number of nitrogens with one attached hydrogen (secondary N) is 1. The minimum atomic E-state index is -0.210. The van der Waals surface area contributed by atoms with Crippen LogP contribution in [-0.2, 0) is 6.42 Å². The van der Waals surface area contributed by atoms with Crippen LogP contribution in [0.4, 0.5) is 5.69 Å². The molecule has 0 fully saturated rings. The summed E-state index contributed by atoms with van der Waals surface area (Å²) in [5, 5.41) is 16.5. The van der Waals surface area contributed by atoms with Gasteiger partial charge >= 0.3 is 0 Å². The molecule has 2 aromatic rings. The van der Waals surface area contributed by atoms with Gasteiger partial charge in [0.1, 0.15) is 5.75 Å². The monoisotopic (exact) mass is 276 g/mol. The number of carbonyl (C=O) groups is 1. The van der Waals surface area contributed by atoms with Gasteiger partial charge in [-0.3, -0.25) is 4.79 Å². The molecule has 1 aromatic heterocycles. The molecule has 0 aliphatic heterocycles. The van der Waals surface area contributed by atoms with Crippen molar-refractivity contribution < 1.29 is 9.90 Å². The summed E-state index contributed by atoms with van der Waals surface area (Å²) >= 11 is 1.64. The summed E-state index contributed by atoms with van der Waals surface area (Å²) in [4.78, 5) is 12.0. The molecule has 1 aromatic carbocycles. The van der Waals surface area contributed by atoms with Crippen LogP contribution in [0.1, 0.15) is 22.8 Å². The van der Waals surface area contributed by atoms with E-state index in [1.807, 2.05) is 18.4 Å². The molecule has 1 amide bonds. The standard InChI is InChI=1S/C14H16N2O2S/c1-9(6-10-4-5-19-8-10)16-14(18)11-2-3-12(15)13(17)7-11/h2-5,7-9,17H,6,15H2,1H3,(H,16,18). The summed E-state index contributed by atoms with van der Waals surface area (Å²) in [7, 11) is 0. The fraction of sp³-hybridized carbons (Fsp3) is 0.214. The maximum Gasteiger partial charge on any atom is 0.251 e. The number of benzene rings is 1. The first-order chi connectivity index (χ1) is 9.06. The Labute approximate surface area is 115 Å². The van der Waals surface area contributed by atoms with Crippen molar-refractivity contribution in [1.82, 2.24) is 5.32 Å². The van der Waals surface area contributed by atoms with Crippen molar-refractivity contribution in [1.29, 1.82) is 0 Å². The highest BCUT2D eigenvalue weighted by molar-refractivity contribution is 7.07. The number of rotatable bonds is 4. The molecule has 0 aliphatic rings. The molecule has 4 nitrogen and oxygen atoms in total. The number of hydrogen-bond acceptors (Lipinski definition) is 4. The molecule has 0 saturated heterocycles. The van der Waals surface area contributed by atoms with E-state index in [4.69, 9.17) is 5.73 Å². The minimum absolute atomic E-state index is 0.0294. The summed E-state index contributed by atoms with van der Waals surface area (Å²) in [6.45, 7) is 1.95. The van der Waals surface area contributed by atoms with Gasteiger partial charge in [0, 0.05) is 11.6 Å². The van der Waals surface area contributed by atoms with Crippen molar-refractivity contribution in [3.05, 3.63) is 46.2 Å². The van der Waals surface area contributed by atoms with Crippen molar-refractivity contribution in [2.24, 2.45) is 0 Å². The number of hydrogen-bond donors (Lipinski definition) is 3. The van der Waals surface area contributed by atoms with E-state index in [2.05, 4.69) is 10.7 Å². The lowest BCUT2D eigenvalue weighted by molar-refractivity contribution is 0.0940. The van der Waals surface area contributed by atoms with Crippen LogP contribution in [0, 0.1) is 0 Å². The van der Waals surface area contributed by atoms with Crippen molar-refractivity contribution in [3.8, 4) is 5.75 Å². The Morgan fingerprint density at radius 1 is 1.47 bits per heavy atom. The summed E-state index contributed by atoms with van der Waals surface area (Å²) < 4.78 is 0. The Bertz CT molecular complexity index is 567. The predicted molar refractivity (Wildman–Crippen MR) is 77.5 cm³/mol. The second-order valence-electron chi connectivity index (χ2n) is 4.48. The number of anilines is 1. The van der Waals surface area contributed by atoms with Gasteiger partial charge in [0.25, 0.3) is 5.91 Å². The van der Waals surface area contributed by atoms with Crippen LogP contribution in [0.2, 0.25) is 0 Å². The molecule has 100 valence electrons. The van der Waals surface area contributed by atoms with Gasteiger partial charge in [-0.25, -0.2) is 0 Å². The van der Waals surface area contributed by atoms with E-state index in [-0.39, 0.29) is 23.4 Å². The van der Waals surface area contributed by atoms with Crippen molar-refractivity contribution in [3.63, 3.8) is 0 Å². The number of phenols is 1. The fourth-order valence-electron chi connectivity index (χ4n) is 1.81. The molecule has 0 saturated carbocycles. The maximum atomic E-state index is 12.0. The maximum absolute atomic E-state index is 12.0. The zero-order valence-corrected chi connectivity index (χ0v) is 11.4. The third kappa shape index (κ3) is 3.48. The molecule has 0 bridgehead atoms. The topological polar surface area (TPSA) is 75.4 Å². The van der Waals surface area contributed by atoms with Gasteiger partial charge in [-0.2, -0.15) is 11.3 Å². The normalized spacial score (nSPS) is 12.1. The van der Waals surface area contributed by atoms with Crippen LogP contribution >= 0.6 is 11.3 Å². The second-order valence-corrected chi connectivity index (χ2v) is 5.26. The van der Waals surface area contributed by atoms with E-state index in [9.17, 15) is 9.90 Å². The Morgan fingerprint density at radius 3 is 2.89 bits per heavy atom. The average Bonchev–Trinajstić information content (AvgIpc) is 2.85. The number of amides is 1. The Morgan fingerprint density at radius 2 is 2.26 bits per heavy atom. The first-order valence-electron chi connectivity index (χ1n) is 5.96. The van der Waals surface area contributed by atoms with Gasteiger partial charge in [0.05, 0.1) is 5.69 Å². The van der Waals surface area contributed by atoms with Crippen LogP contribution in [-0.4, -0.2) is 17.1 Å². The number of nitrogens with two attached hydrogens (primary N) is 1. The van der Waals surface area contributed by atoms with Gasteiger partial charge in [0.15, 0.2) is 0 Å². The fourth-order valence-corrected chi connectivity index (χ4v) is 2.49. The molecule has 0 aliphatic carbocycles. The van der Waals surface area contributed by atoms with Gasteiger partial charge in [-0.1, -0.05) is 0 Å². The van der Waals surface area contributed by atoms with Gasteiger partial charge in [-0.05, 0) is 53.9 Å². The quantitative estimate of drug-likeness (QED) is 0.593. The van der Waals surface area contributed by atoms with Crippen LogP contribution in [0.25, 0.3) is 0 Å². The molecule has 0 spiro atoms. The Hall–Kier alpha value is -2.01. The van der Waals surface area contributed by atoms with Crippen molar-refractivity contribution in [2.75, 3.05) is 5.73 Å². The zero-order chi connectivity index (χ0) is 13.8. The highest BCUT2D eigenvalue weighted by Gasteiger charge is 2.11. The first-order valence-corrected chi connectivity index (χ1v) is 6.91. The third-order valence-corrected chi connectivity index (χ3v) is 3.52. The van der Waals surface area contributed by atoms with Crippen molar-refractivity contribution >= 4 is 22.9 Å². The van der Waals surface area contributed by atoms with Crippen LogP contribution < -0.4 is 11.1 Å². The smallest absolute Gasteiger partial charge is 0.251 e. The highest BCUT2D eigenvalue weighted by atomic mass is 32.1. The number of aromatic hydroxyl groups is 1. The molecule has 1 heterocycles. The predicted octanol–water partition coefficient (Wildman–Crippen LogP) is 2.40. The largest absolute Gasteiger partial charge is 0.506 e. The summed E-state index contributed by atoms with van der Waals surface area (Å²) in [5.74, 6) is -0.281. The summed E-state index contributed by atoms with van der Waals surface area (Å²) in [5.41, 5.74) is 7.38. The number of thiophene rings is 1. The van der Waals surface area contributed by atoms with E-state index in [0.717, 1.165) is 6.42 Å². The molecular weight excluding hydrogens is 260 g/mol. The number of phenolic OH excluding ortho intramolecular Hbond substituents is 1. The lowest BCUT2D eigenvalue weighted by Gasteiger charge is -2.13. The molecule has 0 radical (unpaired) electrons. The van der Waals surface area contributed by atoms with Gasteiger partial charge in [-0.15, -0.1) is 0 Å². The van der Waals surface area contributed by atoms with E-state index in [1.54, 1.807) is 17.4 Å². The summed E-state index contributed by atoms with van der Waals surface area (Å²) in [6, 6.07) is 6.57. The summed E-state index contributed by atoms with van der Waals surface area (Å²) in [6.07, 6.45) is 0.788. The van der Waals surface area contributed by atoms with E-state index in [1.165, 1.54) is 17.7 Å². The Kier molecular flexibility index (Phi) is 4.06. The van der Waals surface area contributed by atoms with Crippen molar-refractivity contribution in [2.45, 2.75) is 19.4 Å². The molecule has 4 N–H and O–H groups in total. The SMILES string of the molecule is CC(Cc1ccsc1)NC(=O)c1ccc(N)c(O)c1. The average molecular weight is 276 g/mol. The number of nitrogen functional groups attached to an aromatic ring is 1. The second kappa shape index (κ2) is 5.75. The van der Waals surface area contributed by atoms with Crippen LogP contribution in [0.5, 0.6) is 5.75 Å². The third-order valence-electron chi connectivity index (χ3n) is 2.79. The minimum Gasteiger partial charge on any atom is -0.506 e. The lowest BCUT2D eigenvalue weighted by Crippen LogP contribution is -2.33. The number of carbonyl (C=O) groups excluding carboxylic acids is 1. The van der Waals surface area contributed by atoms with E-state index < -0.39 is 0 Å². The molecular formula is C14H16N2O2S. The van der Waals surface area contributed by atoms with Gasteiger partial charge in [0.2, 0.25) is 0 Å². The lowest BCUT2D eigenvalue weighted by atomic mass is 10.1.